The fraction of sp³-hybridized carbons (Fsp3) is 0.769. The zero-order chi connectivity index (χ0) is 13.6. The standard InChI is InChI=1S/C13H19N3O3/c1-15-7-2-4-9(8-15)16-11(18)13(5-3-6-13)10(17)14-12(16)19/h9H,2-8H2,1H3,(H,14,17,19). The molecule has 19 heavy (non-hydrogen) atoms. The zero-order valence-corrected chi connectivity index (χ0v) is 11.1. The van der Waals surface area contributed by atoms with Gasteiger partial charge in [0.2, 0.25) is 11.8 Å². The number of amides is 4. The van der Waals surface area contributed by atoms with E-state index in [0.717, 1.165) is 25.8 Å². The Morgan fingerprint density at radius 1 is 1.21 bits per heavy atom. The minimum atomic E-state index is -0.941. The lowest BCUT2D eigenvalue weighted by atomic mass is 9.66. The fourth-order valence-electron chi connectivity index (χ4n) is 3.35. The molecule has 104 valence electrons. The van der Waals surface area contributed by atoms with E-state index in [-0.39, 0.29) is 11.9 Å². The lowest BCUT2D eigenvalue weighted by molar-refractivity contribution is -0.159. The Kier molecular flexibility index (Phi) is 2.85. The molecule has 6 heteroatoms. The van der Waals surface area contributed by atoms with Crippen LogP contribution in [0, 0.1) is 5.41 Å². The Morgan fingerprint density at radius 3 is 2.53 bits per heavy atom. The van der Waals surface area contributed by atoms with Crippen LogP contribution in [0.2, 0.25) is 0 Å². The van der Waals surface area contributed by atoms with Gasteiger partial charge in [0.25, 0.3) is 0 Å². The van der Waals surface area contributed by atoms with Gasteiger partial charge in [-0.3, -0.25) is 19.8 Å². The average Bonchev–Trinajstić information content (AvgIpc) is 2.26. The molecule has 1 saturated carbocycles. The highest BCUT2D eigenvalue weighted by Gasteiger charge is 2.58. The van der Waals surface area contributed by atoms with E-state index in [1.165, 1.54) is 4.90 Å². The van der Waals surface area contributed by atoms with Crippen LogP contribution in [0.15, 0.2) is 0 Å². The van der Waals surface area contributed by atoms with E-state index >= 15 is 0 Å². The van der Waals surface area contributed by atoms with Gasteiger partial charge in [-0.2, -0.15) is 0 Å². The van der Waals surface area contributed by atoms with Crippen molar-refractivity contribution in [1.82, 2.24) is 15.1 Å². The number of nitrogens with one attached hydrogen (secondary N) is 1. The normalized spacial score (nSPS) is 31.3. The van der Waals surface area contributed by atoms with Gasteiger partial charge in [0.15, 0.2) is 0 Å². The number of hydrogen-bond donors (Lipinski definition) is 1. The SMILES string of the molecule is CN1CCCC(N2C(=O)NC(=O)C3(CCC3)C2=O)C1. The average molecular weight is 265 g/mol. The van der Waals surface area contributed by atoms with Gasteiger partial charge in [0.1, 0.15) is 5.41 Å². The Balaban J connectivity index is 1.85. The first-order chi connectivity index (χ1) is 9.04. The van der Waals surface area contributed by atoms with Crippen molar-refractivity contribution in [3.63, 3.8) is 0 Å². The molecule has 6 nitrogen and oxygen atoms in total. The number of barbiturate groups is 1. The van der Waals surface area contributed by atoms with Crippen LogP contribution in [0.25, 0.3) is 0 Å². The van der Waals surface area contributed by atoms with E-state index < -0.39 is 17.4 Å². The number of likely N-dealkylation sites (tertiary alicyclic amines) is 1. The van der Waals surface area contributed by atoms with Crippen LogP contribution < -0.4 is 5.32 Å². The molecule has 0 aromatic heterocycles. The quantitative estimate of drug-likeness (QED) is 0.694. The molecule has 3 fully saturated rings. The summed E-state index contributed by atoms with van der Waals surface area (Å²) in [5.41, 5.74) is -0.941. The molecule has 3 aliphatic rings. The van der Waals surface area contributed by atoms with Crippen molar-refractivity contribution in [2.45, 2.75) is 38.1 Å². The molecule has 0 aromatic rings. The van der Waals surface area contributed by atoms with Crippen LogP contribution >= 0.6 is 0 Å². The van der Waals surface area contributed by atoms with Crippen molar-refractivity contribution >= 4 is 17.8 Å². The largest absolute Gasteiger partial charge is 0.331 e. The Labute approximate surface area is 112 Å². The summed E-state index contributed by atoms with van der Waals surface area (Å²) >= 11 is 0. The molecule has 2 aliphatic heterocycles. The minimum absolute atomic E-state index is 0.100. The van der Waals surface area contributed by atoms with E-state index in [1.807, 2.05) is 7.05 Å². The number of carbonyl (C=O) groups is 3. The van der Waals surface area contributed by atoms with E-state index in [0.29, 0.717) is 19.4 Å². The summed E-state index contributed by atoms with van der Waals surface area (Å²) in [4.78, 5) is 39.9. The van der Waals surface area contributed by atoms with Crippen LogP contribution in [-0.2, 0) is 9.59 Å². The number of nitrogens with zero attached hydrogens (tertiary/aromatic N) is 2. The maximum Gasteiger partial charge on any atom is 0.331 e. The molecular formula is C13H19N3O3. The third kappa shape index (κ3) is 1.77. The lowest BCUT2D eigenvalue weighted by Gasteiger charge is -2.48. The van der Waals surface area contributed by atoms with Gasteiger partial charge in [-0.15, -0.1) is 0 Å². The van der Waals surface area contributed by atoms with Crippen molar-refractivity contribution in [2.75, 3.05) is 20.1 Å². The fourth-order valence-corrected chi connectivity index (χ4v) is 3.35. The highest BCUT2D eigenvalue weighted by atomic mass is 16.2. The molecule has 2 saturated heterocycles. The predicted molar refractivity (Wildman–Crippen MR) is 67.2 cm³/mol. The number of urea groups is 1. The van der Waals surface area contributed by atoms with E-state index in [9.17, 15) is 14.4 Å². The predicted octanol–water partition coefficient (Wildman–Crippen LogP) is 0.329. The van der Waals surface area contributed by atoms with Gasteiger partial charge >= 0.3 is 6.03 Å². The third-order valence-corrected chi connectivity index (χ3v) is 4.67. The van der Waals surface area contributed by atoms with Crippen molar-refractivity contribution in [3.8, 4) is 0 Å². The Bertz CT molecular complexity index is 444. The molecule has 0 radical (unpaired) electrons. The van der Waals surface area contributed by atoms with E-state index in [4.69, 9.17) is 0 Å². The summed E-state index contributed by atoms with van der Waals surface area (Å²) in [6.07, 6.45) is 3.83. The molecule has 3 rings (SSSR count). The van der Waals surface area contributed by atoms with Crippen LogP contribution in [0.4, 0.5) is 4.79 Å². The van der Waals surface area contributed by atoms with Crippen LogP contribution in [-0.4, -0.2) is 53.8 Å². The number of rotatable bonds is 1. The highest BCUT2D eigenvalue weighted by molar-refractivity contribution is 6.19. The van der Waals surface area contributed by atoms with Crippen LogP contribution in [0.5, 0.6) is 0 Å². The summed E-state index contributed by atoms with van der Waals surface area (Å²) < 4.78 is 0. The van der Waals surface area contributed by atoms with Gasteiger partial charge in [-0.05, 0) is 39.3 Å². The Morgan fingerprint density at radius 2 is 1.95 bits per heavy atom. The summed E-state index contributed by atoms with van der Waals surface area (Å²) in [6, 6.07) is -0.635. The molecular weight excluding hydrogens is 246 g/mol. The first-order valence-corrected chi connectivity index (χ1v) is 6.92. The maximum absolute atomic E-state index is 12.6. The van der Waals surface area contributed by atoms with Crippen molar-refractivity contribution in [2.24, 2.45) is 5.41 Å². The number of imide groups is 2. The number of hydrogen-bond acceptors (Lipinski definition) is 4. The van der Waals surface area contributed by atoms with Crippen molar-refractivity contribution in [3.05, 3.63) is 0 Å². The van der Waals surface area contributed by atoms with Gasteiger partial charge in [0.05, 0.1) is 6.04 Å². The molecule has 1 atom stereocenters. The third-order valence-electron chi connectivity index (χ3n) is 4.67. The van der Waals surface area contributed by atoms with Gasteiger partial charge in [0, 0.05) is 6.54 Å². The topological polar surface area (TPSA) is 69.7 Å². The molecule has 0 aromatic carbocycles. The molecule has 4 amide bonds. The second-order valence-electron chi connectivity index (χ2n) is 5.93. The number of carbonyl (C=O) groups excluding carboxylic acids is 3. The highest BCUT2D eigenvalue weighted by Crippen LogP contribution is 2.45. The summed E-state index contributed by atoms with van der Waals surface area (Å²) in [5, 5.41) is 2.37. The molecule has 1 spiro atoms. The number of piperidine rings is 1. The molecule has 0 bridgehead atoms. The Hall–Kier alpha value is -1.43. The molecule has 2 heterocycles. The summed E-state index contributed by atoms with van der Waals surface area (Å²) in [6.45, 7) is 1.69. The van der Waals surface area contributed by atoms with E-state index in [1.54, 1.807) is 0 Å². The van der Waals surface area contributed by atoms with Crippen molar-refractivity contribution in [1.29, 1.82) is 0 Å². The molecule has 1 unspecified atom stereocenters. The van der Waals surface area contributed by atoms with Crippen LogP contribution in [0.3, 0.4) is 0 Å². The van der Waals surface area contributed by atoms with Gasteiger partial charge in [-0.25, -0.2) is 4.79 Å². The van der Waals surface area contributed by atoms with Crippen LogP contribution in [0.1, 0.15) is 32.1 Å². The van der Waals surface area contributed by atoms with Crippen molar-refractivity contribution < 1.29 is 14.4 Å². The van der Waals surface area contributed by atoms with Gasteiger partial charge in [-0.1, -0.05) is 6.42 Å². The minimum Gasteiger partial charge on any atom is -0.304 e. The maximum atomic E-state index is 12.6. The first-order valence-electron chi connectivity index (χ1n) is 6.92. The zero-order valence-electron chi connectivity index (χ0n) is 11.1. The molecule has 1 aliphatic carbocycles. The van der Waals surface area contributed by atoms with E-state index in [2.05, 4.69) is 10.2 Å². The second kappa shape index (κ2) is 4.30. The monoisotopic (exact) mass is 265 g/mol. The summed E-state index contributed by atoms with van der Waals surface area (Å²) in [5.74, 6) is -0.665. The van der Waals surface area contributed by atoms with Gasteiger partial charge < -0.3 is 4.90 Å². The molecule has 1 N–H and O–H groups in total. The lowest BCUT2D eigenvalue weighted by Crippen LogP contribution is -2.69. The number of likely N-dealkylation sites (N-methyl/N-ethyl adjacent to an activating group) is 1. The smallest absolute Gasteiger partial charge is 0.304 e. The summed E-state index contributed by atoms with van der Waals surface area (Å²) in [7, 11) is 1.99. The second-order valence-corrected chi connectivity index (χ2v) is 5.93. The first kappa shape index (κ1) is 12.6.